The van der Waals surface area contributed by atoms with Crippen LogP contribution in [0.4, 0.5) is 0 Å². The first-order chi connectivity index (χ1) is 10.1. The number of rotatable bonds is 5. The van der Waals surface area contributed by atoms with Crippen molar-refractivity contribution in [1.29, 1.82) is 0 Å². The number of nitrogens with zero attached hydrogens (tertiary/aromatic N) is 1. The fraction of sp³-hybridized carbons (Fsp3) is 1.00. The lowest BCUT2D eigenvalue weighted by Crippen LogP contribution is -2.42. The standard InChI is InChI=1S/C17H33N3O/c1-2-13-5-8-20(9-6-13)12-14-4-3-7-17(10-14)11-15(17)19-16(18)21/h13-16,19,21H,2-12,18H2,1H3. The fourth-order valence-corrected chi connectivity index (χ4v) is 4.91. The smallest absolute Gasteiger partial charge is 0.158 e. The molecule has 21 heavy (non-hydrogen) atoms. The van der Waals surface area contributed by atoms with E-state index in [0.717, 1.165) is 11.8 Å². The molecule has 3 aliphatic rings. The molecule has 1 aliphatic heterocycles. The molecule has 4 N–H and O–H groups in total. The third-order valence-electron chi connectivity index (χ3n) is 6.34. The highest BCUT2D eigenvalue weighted by Gasteiger charge is 2.55. The Labute approximate surface area is 129 Å². The molecule has 4 unspecified atom stereocenters. The summed E-state index contributed by atoms with van der Waals surface area (Å²) in [5.74, 6) is 1.83. The van der Waals surface area contributed by atoms with Gasteiger partial charge in [-0.15, -0.1) is 0 Å². The van der Waals surface area contributed by atoms with Crippen LogP contribution in [0.5, 0.6) is 0 Å². The van der Waals surface area contributed by atoms with Gasteiger partial charge in [0, 0.05) is 12.6 Å². The molecular weight excluding hydrogens is 262 g/mol. The molecular formula is C17H33N3O. The van der Waals surface area contributed by atoms with E-state index in [-0.39, 0.29) is 0 Å². The Balaban J connectivity index is 1.45. The van der Waals surface area contributed by atoms with Crippen molar-refractivity contribution in [3.63, 3.8) is 0 Å². The largest absolute Gasteiger partial charge is 0.366 e. The van der Waals surface area contributed by atoms with Crippen LogP contribution in [0.2, 0.25) is 0 Å². The number of piperidine rings is 1. The van der Waals surface area contributed by atoms with Gasteiger partial charge < -0.3 is 10.0 Å². The van der Waals surface area contributed by atoms with E-state index in [1.54, 1.807) is 0 Å². The summed E-state index contributed by atoms with van der Waals surface area (Å²) in [6.45, 7) is 6.25. The van der Waals surface area contributed by atoms with Gasteiger partial charge in [-0.25, -0.2) is 0 Å². The molecule has 1 heterocycles. The summed E-state index contributed by atoms with van der Waals surface area (Å²) in [6.07, 6.45) is 9.95. The molecule has 3 rings (SSSR count). The predicted molar refractivity (Wildman–Crippen MR) is 85.6 cm³/mol. The molecule has 4 nitrogen and oxygen atoms in total. The van der Waals surface area contributed by atoms with Crippen molar-refractivity contribution in [3.8, 4) is 0 Å². The van der Waals surface area contributed by atoms with Crippen LogP contribution in [-0.2, 0) is 0 Å². The second-order valence-electron chi connectivity index (χ2n) is 7.85. The van der Waals surface area contributed by atoms with Gasteiger partial charge in [-0.2, -0.15) is 0 Å². The van der Waals surface area contributed by atoms with E-state index in [0.29, 0.717) is 11.5 Å². The molecule has 0 radical (unpaired) electrons. The van der Waals surface area contributed by atoms with E-state index < -0.39 is 6.35 Å². The van der Waals surface area contributed by atoms with Gasteiger partial charge in [0.2, 0.25) is 0 Å². The molecule has 4 heteroatoms. The highest BCUT2D eigenvalue weighted by atomic mass is 16.3. The van der Waals surface area contributed by atoms with Gasteiger partial charge >= 0.3 is 0 Å². The average molecular weight is 295 g/mol. The molecule has 1 spiro atoms. The molecule has 0 bridgehead atoms. The van der Waals surface area contributed by atoms with E-state index >= 15 is 0 Å². The van der Waals surface area contributed by atoms with Crippen molar-refractivity contribution in [3.05, 3.63) is 0 Å². The zero-order valence-corrected chi connectivity index (χ0v) is 13.6. The van der Waals surface area contributed by atoms with Gasteiger partial charge in [0.1, 0.15) is 0 Å². The summed E-state index contributed by atoms with van der Waals surface area (Å²) in [5.41, 5.74) is 5.93. The topological polar surface area (TPSA) is 61.5 Å². The SMILES string of the molecule is CCC1CCN(CC2CCCC3(C2)CC3NC(N)O)CC1. The van der Waals surface area contributed by atoms with Crippen molar-refractivity contribution < 1.29 is 5.11 Å². The lowest BCUT2D eigenvalue weighted by Gasteiger charge is -2.37. The lowest BCUT2D eigenvalue weighted by atomic mass is 9.78. The summed E-state index contributed by atoms with van der Waals surface area (Å²) >= 11 is 0. The van der Waals surface area contributed by atoms with Gasteiger partial charge in [-0.1, -0.05) is 19.8 Å². The van der Waals surface area contributed by atoms with E-state index in [1.807, 2.05) is 0 Å². The summed E-state index contributed by atoms with van der Waals surface area (Å²) < 4.78 is 0. The first-order valence-corrected chi connectivity index (χ1v) is 9.03. The van der Waals surface area contributed by atoms with Crippen LogP contribution >= 0.6 is 0 Å². The Morgan fingerprint density at radius 2 is 2.00 bits per heavy atom. The summed E-state index contributed by atoms with van der Waals surface area (Å²) in [5, 5.41) is 12.4. The monoisotopic (exact) mass is 295 g/mol. The molecule has 0 aromatic carbocycles. The van der Waals surface area contributed by atoms with Crippen LogP contribution in [0.15, 0.2) is 0 Å². The Hall–Kier alpha value is -0.160. The predicted octanol–water partition coefficient (Wildman–Crippen LogP) is 1.88. The van der Waals surface area contributed by atoms with Crippen LogP contribution in [0.1, 0.15) is 58.3 Å². The highest BCUT2D eigenvalue weighted by Crippen LogP contribution is 2.57. The summed E-state index contributed by atoms with van der Waals surface area (Å²) in [4.78, 5) is 2.71. The minimum Gasteiger partial charge on any atom is -0.366 e. The average Bonchev–Trinajstić information content (AvgIpc) is 3.10. The highest BCUT2D eigenvalue weighted by molar-refractivity contribution is 5.10. The molecule has 0 aromatic heterocycles. The molecule has 3 fully saturated rings. The first kappa shape index (κ1) is 15.7. The number of aliphatic hydroxyl groups excluding tert-OH is 1. The van der Waals surface area contributed by atoms with Gasteiger partial charge in [-0.05, 0) is 68.9 Å². The number of likely N-dealkylation sites (tertiary alicyclic amines) is 1. The maximum Gasteiger partial charge on any atom is 0.158 e. The van der Waals surface area contributed by atoms with Crippen molar-refractivity contribution in [1.82, 2.24) is 10.2 Å². The van der Waals surface area contributed by atoms with Gasteiger partial charge in [0.15, 0.2) is 6.35 Å². The quantitative estimate of drug-likeness (QED) is 0.678. The van der Waals surface area contributed by atoms with Crippen LogP contribution in [0.3, 0.4) is 0 Å². The summed E-state index contributed by atoms with van der Waals surface area (Å²) in [7, 11) is 0. The Morgan fingerprint density at radius 3 is 2.67 bits per heavy atom. The lowest BCUT2D eigenvalue weighted by molar-refractivity contribution is 0.110. The van der Waals surface area contributed by atoms with Crippen LogP contribution in [-0.4, -0.2) is 42.0 Å². The molecule has 0 aromatic rings. The number of aliphatic hydroxyl groups is 1. The molecule has 122 valence electrons. The molecule has 1 saturated heterocycles. The Bertz CT molecular complexity index is 341. The molecule has 2 saturated carbocycles. The van der Waals surface area contributed by atoms with Gasteiger partial charge in [0.25, 0.3) is 0 Å². The minimum absolute atomic E-state index is 0.463. The maximum atomic E-state index is 9.31. The first-order valence-electron chi connectivity index (χ1n) is 9.03. The number of hydrogen-bond donors (Lipinski definition) is 3. The van der Waals surface area contributed by atoms with E-state index in [4.69, 9.17) is 5.73 Å². The van der Waals surface area contributed by atoms with Gasteiger partial charge in [0.05, 0.1) is 0 Å². The van der Waals surface area contributed by atoms with Crippen LogP contribution < -0.4 is 11.1 Å². The zero-order valence-electron chi connectivity index (χ0n) is 13.6. The second-order valence-corrected chi connectivity index (χ2v) is 7.85. The Morgan fingerprint density at radius 1 is 1.24 bits per heavy atom. The number of nitrogens with two attached hydrogens (primary N) is 1. The van der Waals surface area contributed by atoms with Crippen LogP contribution in [0, 0.1) is 17.3 Å². The second kappa shape index (κ2) is 6.53. The van der Waals surface area contributed by atoms with Crippen molar-refractivity contribution >= 4 is 0 Å². The molecule has 2 aliphatic carbocycles. The minimum atomic E-state index is -0.845. The summed E-state index contributed by atoms with van der Waals surface area (Å²) in [6, 6.07) is 0.464. The maximum absolute atomic E-state index is 9.31. The normalized spacial score (nSPS) is 39.6. The number of hydrogen-bond acceptors (Lipinski definition) is 4. The Kier molecular flexibility index (Phi) is 4.89. The van der Waals surface area contributed by atoms with Crippen molar-refractivity contribution in [2.75, 3.05) is 19.6 Å². The van der Waals surface area contributed by atoms with E-state index in [1.165, 1.54) is 71.0 Å². The van der Waals surface area contributed by atoms with Crippen LogP contribution in [0.25, 0.3) is 0 Å². The fourth-order valence-electron chi connectivity index (χ4n) is 4.91. The van der Waals surface area contributed by atoms with Gasteiger partial charge in [-0.3, -0.25) is 11.1 Å². The molecule has 0 amide bonds. The third-order valence-corrected chi connectivity index (χ3v) is 6.34. The number of nitrogens with one attached hydrogen (secondary N) is 1. The van der Waals surface area contributed by atoms with E-state index in [2.05, 4.69) is 17.1 Å². The third kappa shape index (κ3) is 3.79. The van der Waals surface area contributed by atoms with Crippen molar-refractivity contribution in [2.45, 2.75) is 70.7 Å². The van der Waals surface area contributed by atoms with Crippen molar-refractivity contribution in [2.24, 2.45) is 23.0 Å². The zero-order chi connectivity index (χ0) is 14.9. The molecule has 4 atom stereocenters. The van der Waals surface area contributed by atoms with E-state index in [9.17, 15) is 5.11 Å².